The maximum Gasteiger partial charge on any atom is 0.252 e. The van der Waals surface area contributed by atoms with Gasteiger partial charge in [0.2, 0.25) is 11.8 Å². The van der Waals surface area contributed by atoms with Crippen LogP contribution in [0.4, 0.5) is 10.1 Å². The van der Waals surface area contributed by atoms with Crippen molar-refractivity contribution in [2.75, 3.05) is 18.4 Å². The van der Waals surface area contributed by atoms with Crippen molar-refractivity contribution in [1.82, 2.24) is 10.2 Å². The van der Waals surface area contributed by atoms with Crippen LogP contribution >= 0.6 is 11.6 Å². The summed E-state index contributed by atoms with van der Waals surface area (Å²) in [6, 6.07) is 11.8. The third-order valence-corrected chi connectivity index (χ3v) is 4.79. The fourth-order valence-corrected chi connectivity index (χ4v) is 3.13. The Morgan fingerprint density at radius 2 is 1.83 bits per heavy atom. The number of nitrogens with zero attached hydrogens (tertiary/aromatic N) is 1. The van der Waals surface area contributed by atoms with Gasteiger partial charge in [0.1, 0.15) is 11.9 Å². The smallest absolute Gasteiger partial charge is 0.252 e. The summed E-state index contributed by atoms with van der Waals surface area (Å²) in [6.07, 6.45) is 0.708. The van der Waals surface area contributed by atoms with Crippen LogP contribution in [0.15, 0.2) is 48.5 Å². The number of hydrogen-bond donors (Lipinski definition) is 2. The molecule has 2 N–H and O–H groups in total. The second-order valence-electron chi connectivity index (χ2n) is 6.75. The molecule has 0 radical (unpaired) electrons. The van der Waals surface area contributed by atoms with E-state index in [1.807, 2.05) is 25.1 Å². The van der Waals surface area contributed by atoms with Crippen LogP contribution in [0.1, 0.15) is 37.0 Å². The lowest BCUT2D eigenvalue weighted by Gasteiger charge is -2.28. The first-order valence-electron chi connectivity index (χ1n) is 9.72. The molecule has 0 heterocycles. The largest absolute Gasteiger partial charge is 0.351 e. The number of halogens is 2. The van der Waals surface area contributed by atoms with Gasteiger partial charge in [0.15, 0.2) is 0 Å². The van der Waals surface area contributed by atoms with Gasteiger partial charge >= 0.3 is 0 Å². The Morgan fingerprint density at radius 3 is 2.47 bits per heavy atom. The maximum absolute atomic E-state index is 13.1. The summed E-state index contributed by atoms with van der Waals surface area (Å²) in [5, 5.41) is 5.39. The zero-order valence-electron chi connectivity index (χ0n) is 17.0. The van der Waals surface area contributed by atoms with Gasteiger partial charge in [-0.05, 0) is 43.7 Å². The Balaban J connectivity index is 1.92. The number of amides is 3. The van der Waals surface area contributed by atoms with E-state index >= 15 is 0 Å². The van der Waals surface area contributed by atoms with E-state index in [1.165, 1.54) is 11.0 Å². The van der Waals surface area contributed by atoms with Gasteiger partial charge in [-0.3, -0.25) is 14.4 Å². The molecule has 0 saturated heterocycles. The number of carbonyl (C=O) groups is 3. The maximum atomic E-state index is 13.1. The number of benzene rings is 2. The second-order valence-corrected chi connectivity index (χ2v) is 7.16. The van der Waals surface area contributed by atoms with Gasteiger partial charge in [0.05, 0.1) is 10.6 Å². The number of carbonyl (C=O) groups excluding carboxylic acids is 3. The first-order chi connectivity index (χ1) is 14.3. The number of anilines is 1. The highest BCUT2D eigenvalue weighted by Gasteiger charge is 2.25. The molecule has 3 amide bonds. The lowest BCUT2D eigenvalue weighted by molar-refractivity contribution is -0.138. The van der Waals surface area contributed by atoms with Crippen LogP contribution in [0.3, 0.4) is 0 Å². The third-order valence-electron chi connectivity index (χ3n) is 4.47. The fraction of sp³-hybridized carbons (Fsp3) is 0.318. The molecule has 2 rings (SSSR count). The molecule has 30 heavy (non-hydrogen) atoms. The highest BCUT2D eigenvalue weighted by molar-refractivity contribution is 6.33. The molecule has 0 aliphatic heterocycles. The summed E-state index contributed by atoms with van der Waals surface area (Å²) in [4.78, 5) is 38.9. The van der Waals surface area contributed by atoms with Gasteiger partial charge in [-0.2, -0.15) is 0 Å². The van der Waals surface area contributed by atoms with Crippen molar-refractivity contribution in [2.24, 2.45) is 0 Å². The van der Waals surface area contributed by atoms with Crippen LogP contribution in [0.25, 0.3) is 0 Å². The van der Waals surface area contributed by atoms with E-state index in [2.05, 4.69) is 10.6 Å². The minimum absolute atomic E-state index is 0.00218. The second kappa shape index (κ2) is 11.3. The molecule has 0 bridgehead atoms. The van der Waals surface area contributed by atoms with Gasteiger partial charge in [0, 0.05) is 25.2 Å². The standard InChI is InChI=1S/C22H25ClFN3O3/c1-3-13-27(15(2)21(29)26-17-7-5-4-6-8-17)20(28)11-12-25-22(30)18-10-9-16(24)14-19(18)23/h4-10,14-15H,3,11-13H2,1-2H3,(H,25,30)(H,26,29). The molecule has 8 heteroatoms. The van der Waals surface area contributed by atoms with E-state index < -0.39 is 17.8 Å². The molecule has 0 saturated carbocycles. The molecule has 0 aliphatic carbocycles. The summed E-state index contributed by atoms with van der Waals surface area (Å²) in [5.41, 5.74) is 0.785. The van der Waals surface area contributed by atoms with Gasteiger partial charge in [-0.25, -0.2) is 4.39 Å². The van der Waals surface area contributed by atoms with Crippen LogP contribution in [0.5, 0.6) is 0 Å². The van der Waals surface area contributed by atoms with Gasteiger partial charge in [-0.15, -0.1) is 0 Å². The normalized spacial score (nSPS) is 11.5. The number of hydrogen-bond acceptors (Lipinski definition) is 3. The lowest BCUT2D eigenvalue weighted by atomic mass is 10.2. The van der Waals surface area contributed by atoms with Crippen molar-refractivity contribution < 1.29 is 18.8 Å². The average Bonchev–Trinajstić information content (AvgIpc) is 2.72. The molecule has 6 nitrogen and oxygen atoms in total. The summed E-state index contributed by atoms with van der Waals surface area (Å²) in [7, 11) is 0. The van der Waals surface area contributed by atoms with Gasteiger partial charge in [0.25, 0.3) is 5.91 Å². The molecule has 2 aromatic carbocycles. The molecule has 2 aromatic rings. The molecule has 160 valence electrons. The van der Waals surface area contributed by atoms with E-state index in [9.17, 15) is 18.8 Å². The number of para-hydroxylation sites is 1. The SMILES string of the molecule is CCCN(C(=O)CCNC(=O)c1ccc(F)cc1Cl)C(C)C(=O)Nc1ccccc1. The summed E-state index contributed by atoms with van der Waals surface area (Å²) in [6.45, 7) is 4.07. The molecular formula is C22H25ClFN3O3. The average molecular weight is 434 g/mol. The molecular weight excluding hydrogens is 409 g/mol. The van der Waals surface area contributed by atoms with Crippen molar-refractivity contribution >= 4 is 35.0 Å². The zero-order chi connectivity index (χ0) is 22.1. The Bertz CT molecular complexity index is 892. The highest BCUT2D eigenvalue weighted by atomic mass is 35.5. The quantitative estimate of drug-likeness (QED) is 0.630. The number of nitrogens with one attached hydrogen (secondary N) is 2. The number of rotatable bonds is 9. The van der Waals surface area contributed by atoms with Crippen molar-refractivity contribution in [1.29, 1.82) is 0 Å². The zero-order valence-corrected chi connectivity index (χ0v) is 17.7. The Kier molecular flexibility index (Phi) is 8.80. The molecule has 1 unspecified atom stereocenters. The molecule has 0 fully saturated rings. The predicted octanol–water partition coefficient (Wildman–Crippen LogP) is 3.86. The van der Waals surface area contributed by atoms with Crippen LogP contribution in [-0.4, -0.2) is 41.8 Å². The van der Waals surface area contributed by atoms with E-state index in [-0.39, 0.29) is 35.4 Å². The van der Waals surface area contributed by atoms with E-state index in [0.29, 0.717) is 18.7 Å². The summed E-state index contributed by atoms with van der Waals surface area (Å²) < 4.78 is 13.1. The molecule has 0 spiro atoms. The fourth-order valence-electron chi connectivity index (χ4n) is 2.88. The minimum atomic E-state index is -0.667. The van der Waals surface area contributed by atoms with Crippen LogP contribution in [0.2, 0.25) is 5.02 Å². The molecule has 0 aliphatic rings. The summed E-state index contributed by atoms with van der Waals surface area (Å²) in [5.74, 6) is -1.57. The van der Waals surface area contributed by atoms with Gasteiger partial charge in [-0.1, -0.05) is 36.7 Å². The van der Waals surface area contributed by atoms with Crippen molar-refractivity contribution in [3.8, 4) is 0 Å². The highest BCUT2D eigenvalue weighted by Crippen LogP contribution is 2.17. The topological polar surface area (TPSA) is 78.5 Å². The Labute approximate surface area is 180 Å². The first-order valence-corrected chi connectivity index (χ1v) is 10.1. The lowest BCUT2D eigenvalue weighted by Crippen LogP contribution is -2.46. The van der Waals surface area contributed by atoms with Crippen LogP contribution < -0.4 is 10.6 Å². The molecule has 1 atom stereocenters. The van der Waals surface area contributed by atoms with E-state index in [4.69, 9.17) is 11.6 Å². The monoisotopic (exact) mass is 433 g/mol. The van der Waals surface area contributed by atoms with E-state index in [1.54, 1.807) is 19.1 Å². The molecule has 0 aromatic heterocycles. The summed E-state index contributed by atoms with van der Waals surface area (Å²) >= 11 is 5.88. The minimum Gasteiger partial charge on any atom is -0.351 e. The van der Waals surface area contributed by atoms with Crippen molar-refractivity contribution in [2.45, 2.75) is 32.7 Å². The van der Waals surface area contributed by atoms with Crippen LogP contribution in [0, 0.1) is 5.82 Å². The first kappa shape index (κ1) is 23.3. The third kappa shape index (κ3) is 6.56. The van der Waals surface area contributed by atoms with Gasteiger partial charge < -0.3 is 15.5 Å². The predicted molar refractivity (Wildman–Crippen MR) is 115 cm³/mol. The van der Waals surface area contributed by atoms with Crippen molar-refractivity contribution in [3.05, 3.63) is 64.9 Å². The Hall–Kier alpha value is -2.93. The van der Waals surface area contributed by atoms with E-state index in [0.717, 1.165) is 12.1 Å². The Morgan fingerprint density at radius 1 is 1.13 bits per heavy atom. The van der Waals surface area contributed by atoms with Crippen molar-refractivity contribution in [3.63, 3.8) is 0 Å². The van der Waals surface area contributed by atoms with Crippen LogP contribution in [-0.2, 0) is 9.59 Å².